The fourth-order valence-corrected chi connectivity index (χ4v) is 2.64. The zero-order valence-corrected chi connectivity index (χ0v) is 10.8. The molecule has 0 radical (unpaired) electrons. The molecule has 0 aromatic heterocycles. The number of hydrogen-bond donors (Lipinski definition) is 1. The third-order valence-corrected chi connectivity index (χ3v) is 3.65. The largest absolute Gasteiger partial charge is 0.320 e. The molecule has 1 aliphatic rings. The molecule has 0 heterocycles. The number of rotatable bonds is 0. The Morgan fingerprint density at radius 1 is 0.882 bits per heavy atom. The second-order valence-electron chi connectivity index (χ2n) is 4.21. The molecule has 3 rings (SSSR count). The predicted molar refractivity (Wildman–Crippen MR) is 75.5 cm³/mol. The minimum absolute atomic E-state index is 0.0614. The maximum Gasteiger partial charge on any atom is 0.0563 e. The lowest BCUT2D eigenvalue weighted by atomic mass is 9.95. The Kier molecular flexibility index (Phi) is 2.61. The van der Waals surface area contributed by atoms with Gasteiger partial charge < -0.3 is 5.73 Å². The molecule has 0 spiro atoms. The maximum absolute atomic E-state index is 6.37. The van der Waals surface area contributed by atoms with Crippen LogP contribution in [0.2, 0.25) is 0 Å². The van der Waals surface area contributed by atoms with Crippen LogP contribution in [0.1, 0.15) is 28.3 Å². The van der Waals surface area contributed by atoms with Gasteiger partial charge in [0.25, 0.3) is 0 Å². The van der Waals surface area contributed by atoms with Crippen LogP contribution in [-0.2, 0) is 0 Å². The van der Waals surface area contributed by atoms with E-state index in [1.165, 1.54) is 22.3 Å². The standard InChI is InChI=1S/C15H12BrN/c16-12-8-7-11-6-5-10-3-1-2-4-13(10)15(17)14(11)9-12/h1-9,15H,17H2. The number of benzene rings is 2. The highest BCUT2D eigenvalue weighted by Crippen LogP contribution is 2.32. The Hall–Kier alpha value is -1.38. The van der Waals surface area contributed by atoms with E-state index in [0.29, 0.717) is 0 Å². The first-order valence-electron chi connectivity index (χ1n) is 5.58. The van der Waals surface area contributed by atoms with Gasteiger partial charge in [-0.15, -0.1) is 0 Å². The second-order valence-corrected chi connectivity index (χ2v) is 5.13. The molecule has 1 aliphatic carbocycles. The normalized spacial score (nSPS) is 17.2. The summed E-state index contributed by atoms with van der Waals surface area (Å²) in [5, 5.41) is 0. The Morgan fingerprint density at radius 3 is 2.41 bits per heavy atom. The average Bonchev–Trinajstić information content (AvgIpc) is 2.49. The molecule has 0 amide bonds. The Morgan fingerprint density at radius 2 is 1.59 bits per heavy atom. The lowest BCUT2D eigenvalue weighted by Gasteiger charge is -2.15. The van der Waals surface area contributed by atoms with Gasteiger partial charge in [0.2, 0.25) is 0 Å². The first kappa shape index (κ1) is 10.8. The van der Waals surface area contributed by atoms with Gasteiger partial charge in [-0.05, 0) is 34.4 Å². The van der Waals surface area contributed by atoms with Gasteiger partial charge in [0.1, 0.15) is 0 Å². The topological polar surface area (TPSA) is 26.0 Å². The molecular formula is C15H12BrN. The van der Waals surface area contributed by atoms with E-state index in [9.17, 15) is 0 Å². The van der Waals surface area contributed by atoms with E-state index in [2.05, 4.69) is 52.3 Å². The maximum atomic E-state index is 6.37. The second kappa shape index (κ2) is 4.13. The van der Waals surface area contributed by atoms with Crippen molar-refractivity contribution in [3.05, 3.63) is 69.2 Å². The lowest BCUT2D eigenvalue weighted by molar-refractivity contribution is 0.868. The Labute approximate surface area is 109 Å². The number of fused-ring (bicyclic) bond motifs is 2. The SMILES string of the molecule is NC1c2ccccc2C=Cc2ccc(Br)cc21. The van der Waals surface area contributed by atoms with E-state index >= 15 is 0 Å². The van der Waals surface area contributed by atoms with Crippen LogP contribution in [0.4, 0.5) is 0 Å². The first-order chi connectivity index (χ1) is 8.25. The van der Waals surface area contributed by atoms with E-state index < -0.39 is 0 Å². The van der Waals surface area contributed by atoms with Gasteiger partial charge in [0.05, 0.1) is 6.04 Å². The highest BCUT2D eigenvalue weighted by Gasteiger charge is 2.17. The molecule has 0 aliphatic heterocycles. The minimum Gasteiger partial charge on any atom is -0.320 e. The summed E-state index contributed by atoms with van der Waals surface area (Å²) in [6, 6.07) is 14.5. The van der Waals surface area contributed by atoms with Gasteiger partial charge >= 0.3 is 0 Å². The van der Waals surface area contributed by atoms with Crippen molar-refractivity contribution in [3.8, 4) is 0 Å². The summed E-state index contributed by atoms with van der Waals surface area (Å²) < 4.78 is 1.07. The average molecular weight is 286 g/mol. The molecule has 1 nitrogen and oxygen atoms in total. The molecule has 0 fully saturated rings. The number of halogens is 1. The van der Waals surface area contributed by atoms with E-state index in [4.69, 9.17) is 5.73 Å². The van der Waals surface area contributed by atoms with Crippen molar-refractivity contribution in [2.75, 3.05) is 0 Å². The van der Waals surface area contributed by atoms with Crippen molar-refractivity contribution in [2.45, 2.75) is 6.04 Å². The van der Waals surface area contributed by atoms with Gasteiger partial charge in [-0.1, -0.05) is 58.4 Å². The van der Waals surface area contributed by atoms with Gasteiger partial charge in [-0.3, -0.25) is 0 Å². The summed E-state index contributed by atoms with van der Waals surface area (Å²) in [5.74, 6) is 0. The van der Waals surface area contributed by atoms with Gasteiger partial charge in [0, 0.05) is 4.47 Å². The van der Waals surface area contributed by atoms with Crippen molar-refractivity contribution >= 4 is 28.1 Å². The number of hydrogen-bond acceptors (Lipinski definition) is 1. The molecule has 2 heteroatoms. The van der Waals surface area contributed by atoms with Crippen LogP contribution in [0.15, 0.2) is 46.9 Å². The van der Waals surface area contributed by atoms with Crippen LogP contribution in [0, 0.1) is 0 Å². The predicted octanol–water partition coefficient (Wildman–Crippen LogP) is 3.98. The molecular weight excluding hydrogens is 274 g/mol. The molecule has 0 saturated heterocycles. The monoisotopic (exact) mass is 285 g/mol. The van der Waals surface area contributed by atoms with Crippen molar-refractivity contribution in [3.63, 3.8) is 0 Å². The van der Waals surface area contributed by atoms with E-state index in [1.807, 2.05) is 18.2 Å². The summed E-state index contributed by atoms with van der Waals surface area (Å²) >= 11 is 3.50. The van der Waals surface area contributed by atoms with Crippen molar-refractivity contribution < 1.29 is 0 Å². The lowest BCUT2D eigenvalue weighted by Crippen LogP contribution is -2.13. The first-order valence-corrected chi connectivity index (χ1v) is 6.37. The zero-order chi connectivity index (χ0) is 11.8. The van der Waals surface area contributed by atoms with E-state index in [0.717, 1.165) is 4.47 Å². The van der Waals surface area contributed by atoms with Crippen LogP contribution in [-0.4, -0.2) is 0 Å². The molecule has 2 aromatic rings. The molecule has 1 atom stereocenters. The summed E-state index contributed by atoms with van der Waals surface area (Å²) in [7, 11) is 0. The molecule has 2 aromatic carbocycles. The van der Waals surface area contributed by atoms with Crippen LogP contribution in [0.3, 0.4) is 0 Å². The Bertz CT molecular complexity index is 602. The molecule has 84 valence electrons. The van der Waals surface area contributed by atoms with Gasteiger partial charge in [-0.25, -0.2) is 0 Å². The summed E-state index contributed by atoms with van der Waals surface area (Å²) in [4.78, 5) is 0. The van der Waals surface area contributed by atoms with Crippen molar-refractivity contribution in [1.82, 2.24) is 0 Å². The molecule has 1 unspecified atom stereocenters. The molecule has 0 bridgehead atoms. The van der Waals surface area contributed by atoms with Crippen molar-refractivity contribution in [1.29, 1.82) is 0 Å². The summed E-state index contributed by atoms with van der Waals surface area (Å²) in [6.07, 6.45) is 4.27. The fourth-order valence-electron chi connectivity index (χ4n) is 2.26. The van der Waals surface area contributed by atoms with Gasteiger partial charge in [0.15, 0.2) is 0 Å². The molecule has 17 heavy (non-hydrogen) atoms. The minimum atomic E-state index is -0.0614. The summed E-state index contributed by atoms with van der Waals surface area (Å²) in [5.41, 5.74) is 11.1. The highest BCUT2D eigenvalue weighted by atomic mass is 79.9. The number of nitrogens with two attached hydrogens (primary N) is 1. The smallest absolute Gasteiger partial charge is 0.0563 e. The molecule has 2 N–H and O–H groups in total. The molecule has 0 saturated carbocycles. The third-order valence-electron chi connectivity index (χ3n) is 3.16. The third kappa shape index (κ3) is 1.84. The van der Waals surface area contributed by atoms with Crippen LogP contribution in [0.25, 0.3) is 12.2 Å². The van der Waals surface area contributed by atoms with Crippen LogP contribution < -0.4 is 5.73 Å². The summed E-state index contributed by atoms with van der Waals surface area (Å²) in [6.45, 7) is 0. The Balaban J connectivity index is 2.25. The van der Waals surface area contributed by atoms with Crippen molar-refractivity contribution in [2.24, 2.45) is 5.73 Å². The van der Waals surface area contributed by atoms with Crippen LogP contribution >= 0.6 is 15.9 Å². The highest BCUT2D eigenvalue weighted by molar-refractivity contribution is 9.10. The quantitative estimate of drug-likeness (QED) is 0.778. The van der Waals surface area contributed by atoms with Crippen LogP contribution in [0.5, 0.6) is 0 Å². The zero-order valence-electron chi connectivity index (χ0n) is 9.23. The fraction of sp³-hybridized carbons (Fsp3) is 0.0667. The van der Waals surface area contributed by atoms with Gasteiger partial charge in [-0.2, -0.15) is 0 Å². The van der Waals surface area contributed by atoms with E-state index in [-0.39, 0.29) is 6.04 Å². The van der Waals surface area contributed by atoms with E-state index in [1.54, 1.807) is 0 Å².